The first-order valence-corrected chi connectivity index (χ1v) is 10.0. The molecule has 4 rings (SSSR count). The van der Waals surface area contributed by atoms with Crippen LogP contribution < -0.4 is 4.74 Å². The van der Waals surface area contributed by atoms with Gasteiger partial charge in [-0.15, -0.1) is 0 Å². The molecule has 2 heterocycles. The molecular formula is C23H23N3O4. The molecular weight excluding hydrogens is 382 g/mol. The molecule has 0 spiro atoms. The van der Waals surface area contributed by atoms with E-state index in [1.54, 1.807) is 29.2 Å². The molecule has 7 nitrogen and oxygen atoms in total. The normalized spacial score (nSPS) is 16.3. The third-order valence-corrected chi connectivity index (χ3v) is 5.21. The minimum atomic E-state index is -0.236. The number of para-hydroxylation sites is 1. The number of carbonyl (C=O) groups is 2. The number of hydrogen-bond acceptors (Lipinski definition) is 6. The Bertz CT molecular complexity index is 1010. The molecule has 3 aromatic rings. The average molecular weight is 405 g/mol. The minimum absolute atomic E-state index is 0.00171. The van der Waals surface area contributed by atoms with E-state index >= 15 is 0 Å². The summed E-state index contributed by atoms with van der Waals surface area (Å²) >= 11 is 0. The third-order valence-electron chi connectivity index (χ3n) is 5.21. The lowest BCUT2D eigenvalue weighted by Crippen LogP contribution is -2.41. The molecule has 30 heavy (non-hydrogen) atoms. The molecule has 1 atom stereocenters. The van der Waals surface area contributed by atoms with Crippen molar-refractivity contribution in [3.8, 4) is 17.2 Å². The molecule has 0 bridgehead atoms. The lowest BCUT2D eigenvalue weighted by molar-refractivity contribution is -0.137. The van der Waals surface area contributed by atoms with E-state index < -0.39 is 0 Å². The largest absolute Gasteiger partial charge is 0.484 e. The zero-order chi connectivity index (χ0) is 20.9. The average Bonchev–Trinajstić information content (AvgIpc) is 3.28. The first kappa shape index (κ1) is 19.8. The van der Waals surface area contributed by atoms with E-state index in [0.717, 1.165) is 24.8 Å². The van der Waals surface area contributed by atoms with Crippen LogP contribution in [0.1, 0.15) is 48.4 Å². The number of ether oxygens (including phenoxy) is 1. The van der Waals surface area contributed by atoms with Crippen LogP contribution in [0.3, 0.4) is 0 Å². The van der Waals surface area contributed by atoms with Crippen LogP contribution >= 0.6 is 0 Å². The number of amides is 1. The van der Waals surface area contributed by atoms with Crippen molar-refractivity contribution in [3.05, 3.63) is 66.0 Å². The summed E-state index contributed by atoms with van der Waals surface area (Å²) in [5, 5.41) is 4.14. The summed E-state index contributed by atoms with van der Waals surface area (Å²) in [6.45, 7) is 2.13. The molecule has 7 heteroatoms. The Hall–Kier alpha value is -3.48. The van der Waals surface area contributed by atoms with Crippen molar-refractivity contribution in [2.75, 3.05) is 13.2 Å². The van der Waals surface area contributed by atoms with E-state index in [4.69, 9.17) is 9.26 Å². The van der Waals surface area contributed by atoms with E-state index in [9.17, 15) is 9.59 Å². The van der Waals surface area contributed by atoms with Gasteiger partial charge in [-0.25, -0.2) is 0 Å². The van der Waals surface area contributed by atoms with E-state index in [2.05, 4.69) is 10.1 Å². The maximum absolute atomic E-state index is 12.8. The summed E-state index contributed by atoms with van der Waals surface area (Å²) < 4.78 is 11.1. The van der Waals surface area contributed by atoms with Crippen molar-refractivity contribution in [1.29, 1.82) is 0 Å². The van der Waals surface area contributed by atoms with E-state index in [1.807, 2.05) is 30.3 Å². The van der Waals surface area contributed by atoms with Gasteiger partial charge >= 0.3 is 0 Å². The highest BCUT2D eigenvalue weighted by Gasteiger charge is 2.31. The number of Topliss-reactive ketones (excluding diaryl/α,β-unsaturated/α-hetero) is 1. The third kappa shape index (κ3) is 4.40. The number of benzene rings is 2. The Morgan fingerprint density at radius 1 is 1.10 bits per heavy atom. The van der Waals surface area contributed by atoms with Crippen LogP contribution in [0, 0.1) is 0 Å². The summed E-state index contributed by atoms with van der Waals surface area (Å²) in [5.74, 6) is 1.44. The van der Waals surface area contributed by atoms with Crippen molar-refractivity contribution in [2.24, 2.45) is 0 Å². The molecule has 0 radical (unpaired) electrons. The van der Waals surface area contributed by atoms with Crippen LogP contribution in [0.15, 0.2) is 59.1 Å². The SMILES string of the molecule is CC(=O)c1ccc(-c2nc([C@H]3CCCCN3C(=O)COc3ccccc3)no2)cc1. The molecule has 0 N–H and O–H groups in total. The van der Waals surface area contributed by atoms with Gasteiger partial charge in [-0.2, -0.15) is 4.98 Å². The van der Waals surface area contributed by atoms with Crippen molar-refractivity contribution < 1.29 is 18.8 Å². The maximum Gasteiger partial charge on any atom is 0.261 e. The molecule has 1 aromatic heterocycles. The first-order chi connectivity index (χ1) is 14.6. The molecule has 2 aromatic carbocycles. The van der Waals surface area contributed by atoms with Crippen LogP contribution in [-0.2, 0) is 4.79 Å². The number of hydrogen-bond donors (Lipinski definition) is 0. The van der Waals surface area contributed by atoms with Crippen LogP contribution in [0.4, 0.5) is 0 Å². The van der Waals surface area contributed by atoms with Gasteiger partial charge in [0.2, 0.25) is 0 Å². The Morgan fingerprint density at radius 2 is 1.87 bits per heavy atom. The number of carbonyl (C=O) groups excluding carboxylic acids is 2. The first-order valence-electron chi connectivity index (χ1n) is 10.0. The maximum atomic E-state index is 12.8. The minimum Gasteiger partial charge on any atom is -0.484 e. The Morgan fingerprint density at radius 3 is 2.60 bits per heavy atom. The molecule has 1 fully saturated rings. The van der Waals surface area contributed by atoms with Gasteiger partial charge in [-0.1, -0.05) is 35.5 Å². The molecule has 1 aliphatic rings. The fourth-order valence-corrected chi connectivity index (χ4v) is 3.58. The van der Waals surface area contributed by atoms with Gasteiger partial charge in [0, 0.05) is 17.7 Å². The monoisotopic (exact) mass is 405 g/mol. The van der Waals surface area contributed by atoms with Crippen molar-refractivity contribution in [1.82, 2.24) is 15.0 Å². The van der Waals surface area contributed by atoms with Gasteiger partial charge in [0.25, 0.3) is 11.8 Å². The number of aromatic nitrogens is 2. The van der Waals surface area contributed by atoms with E-state index in [-0.39, 0.29) is 24.3 Å². The van der Waals surface area contributed by atoms with Gasteiger partial charge < -0.3 is 14.2 Å². The summed E-state index contributed by atoms with van der Waals surface area (Å²) in [5.41, 5.74) is 1.36. The summed E-state index contributed by atoms with van der Waals surface area (Å²) in [4.78, 5) is 30.6. The van der Waals surface area contributed by atoms with Crippen LogP contribution in [-0.4, -0.2) is 39.9 Å². The van der Waals surface area contributed by atoms with Crippen molar-refractivity contribution in [2.45, 2.75) is 32.2 Å². The fourth-order valence-electron chi connectivity index (χ4n) is 3.58. The number of rotatable bonds is 6. The topological polar surface area (TPSA) is 85.5 Å². The summed E-state index contributed by atoms with van der Waals surface area (Å²) in [7, 11) is 0. The molecule has 154 valence electrons. The number of ketones is 1. The van der Waals surface area contributed by atoms with Crippen LogP contribution in [0.5, 0.6) is 5.75 Å². The van der Waals surface area contributed by atoms with E-state index in [0.29, 0.717) is 29.6 Å². The van der Waals surface area contributed by atoms with Crippen molar-refractivity contribution >= 4 is 11.7 Å². The summed E-state index contributed by atoms with van der Waals surface area (Å²) in [6.07, 6.45) is 2.70. The lowest BCUT2D eigenvalue weighted by Gasteiger charge is -2.33. The molecule has 1 amide bonds. The lowest BCUT2D eigenvalue weighted by atomic mass is 10.0. The Kier molecular flexibility index (Phi) is 5.88. The quantitative estimate of drug-likeness (QED) is 0.575. The van der Waals surface area contributed by atoms with Crippen LogP contribution in [0.25, 0.3) is 11.5 Å². The Balaban J connectivity index is 1.47. The second-order valence-corrected chi connectivity index (χ2v) is 7.29. The predicted molar refractivity (Wildman–Crippen MR) is 110 cm³/mol. The zero-order valence-corrected chi connectivity index (χ0v) is 16.8. The van der Waals surface area contributed by atoms with Gasteiger partial charge in [-0.05, 0) is 50.5 Å². The van der Waals surface area contributed by atoms with Gasteiger partial charge in [0.05, 0.1) is 6.04 Å². The Labute approximate surface area is 174 Å². The smallest absolute Gasteiger partial charge is 0.261 e. The predicted octanol–water partition coefficient (Wildman–Crippen LogP) is 4.07. The van der Waals surface area contributed by atoms with Crippen molar-refractivity contribution in [3.63, 3.8) is 0 Å². The molecule has 1 saturated heterocycles. The highest BCUT2D eigenvalue weighted by Crippen LogP contribution is 2.31. The molecule has 0 unspecified atom stereocenters. The number of likely N-dealkylation sites (tertiary alicyclic amines) is 1. The molecule has 1 aliphatic heterocycles. The second kappa shape index (κ2) is 8.90. The van der Waals surface area contributed by atoms with Crippen LogP contribution in [0.2, 0.25) is 0 Å². The highest BCUT2D eigenvalue weighted by atomic mass is 16.5. The van der Waals surface area contributed by atoms with Gasteiger partial charge in [0.15, 0.2) is 18.2 Å². The molecule has 0 aliphatic carbocycles. The van der Waals surface area contributed by atoms with Gasteiger partial charge in [-0.3, -0.25) is 9.59 Å². The summed E-state index contributed by atoms with van der Waals surface area (Å²) in [6, 6.07) is 16.1. The van der Waals surface area contributed by atoms with Gasteiger partial charge in [0.1, 0.15) is 5.75 Å². The second-order valence-electron chi connectivity index (χ2n) is 7.29. The number of nitrogens with zero attached hydrogens (tertiary/aromatic N) is 3. The number of piperidine rings is 1. The molecule has 0 saturated carbocycles. The standard InChI is InChI=1S/C23H23N3O4/c1-16(27)17-10-12-18(13-11-17)23-24-22(25-30-23)20-9-5-6-14-26(20)21(28)15-29-19-7-3-2-4-8-19/h2-4,7-8,10-13,20H,5-6,9,14-15H2,1H3/t20-/m1/s1. The fraction of sp³-hybridized carbons (Fsp3) is 0.304. The highest BCUT2D eigenvalue weighted by molar-refractivity contribution is 5.94. The zero-order valence-electron chi connectivity index (χ0n) is 16.8. The van der Waals surface area contributed by atoms with E-state index in [1.165, 1.54) is 6.92 Å².